The van der Waals surface area contributed by atoms with E-state index in [1.54, 1.807) is 0 Å². The van der Waals surface area contributed by atoms with E-state index in [1.807, 2.05) is 0 Å². The first kappa shape index (κ1) is 11.7. The zero-order valence-electron chi connectivity index (χ0n) is 8.33. The van der Waals surface area contributed by atoms with Crippen LogP contribution in [0, 0.1) is 0 Å². The molecule has 6 heteroatoms. The summed E-state index contributed by atoms with van der Waals surface area (Å²) in [5.41, 5.74) is 0. The molecule has 0 spiro atoms. The molecular formula is C9H15FN2O3. The summed E-state index contributed by atoms with van der Waals surface area (Å²) < 4.78 is 13.1. The molecule has 2 atom stereocenters. The number of carbonyl (C=O) groups excluding carboxylic acids is 1. The fraction of sp³-hybridized carbons (Fsp3) is 0.778. The van der Waals surface area contributed by atoms with Gasteiger partial charge in [-0.25, -0.2) is 9.18 Å². The minimum absolute atomic E-state index is 0.0604. The van der Waals surface area contributed by atoms with Crippen LogP contribution in [-0.2, 0) is 4.79 Å². The Morgan fingerprint density at radius 3 is 2.67 bits per heavy atom. The minimum Gasteiger partial charge on any atom is -0.481 e. The van der Waals surface area contributed by atoms with Crippen molar-refractivity contribution in [3.05, 3.63) is 0 Å². The summed E-state index contributed by atoms with van der Waals surface area (Å²) in [6, 6.07) is -0.916. The Kier molecular flexibility index (Phi) is 4.33. The lowest BCUT2D eigenvalue weighted by atomic mass is 10.2. The summed E-state index contributed by atoms with van der Waals surface area (Å²) in [7, 11) is 0. The second kappa shape index (κ2) is 5.53. The van der Waals surface area contributed by atoms with Crippen LogP contribution in [0.3, 0.4) is 0 Å². The number of amides is 2. The highest BCUT2D eigenvalue weighted by molar-refractivity contribution is 5.75. The van der Waals surface area contributed by atoms with Gasteiger partial charge in [0.25, 0.3) is 0 Å². The molecular weight excluding hydrogens is 203 g/mol. The minimum atomic E-state index is -0.977. The van der Waals surface area contributed by atoms with E-state index in [0.717, 1.165) is 6.42 Å². The van der Waals surface area contributed by atoms with Crippen LogP contribution in [0.5, 0.6) is 0 Å². The van der Waals surface area contributed by atoms with Gasteiger partial charge in [0, 0.05) is 6.54 Å². The largest absolute Gasteiger partial charge is 0.481 e. The smallest absolute Gasteiger partial charge is 0.315 e. The summed E-state index contributed by atoms with van der Waals surface area (Å²) >= 11 is 0. The van der Waals surface area contributed by atoms with Gasteiger partial charge in [-0.15, -0.1) is 0 Å². The van der Waals surface area contributed by atoms with Gasteiger partial charge in [-0.3, -0.25) is 4.79 Å². The fourth-order valence-corrected chi connectivity index (χ4v) is 1.58. The van der Waals surface area contributed by atoms with Crippen molar-refractivity contribution in [3.8, 4) is 0 Å². The van der Waals surface area contributed by atoms with Gasteiger partial charge in [-0.2, -0.15) is 0 Å². The van der Waals surface area contributed by atoms with Crippen LogP contribution in [0.4, 0.5) is 9.18 Å². The lowest BCUT2D eigenvalue weighted by molar-refractivity contribution is -0.136. The number of halogens is 1. The quantitative estimate of drug-likeness (QED) is 0.648. The average molecular weight is 218 g/mol. The number of carboxylic acid groups (broad SMARTS) is 1. The van der Waals surface area contributed by atoms with Crippen molar-refractivity contribution in [2.45, 2.75) is 37.9 Å². The van der Waals surface area contributed by atoms with Gasteiger partial charge in [0.1, 0.15) is 6.17 Å². The SMILES string of the molecule is O=C(O)CCNC(=O)N[C@@H]1CCC[C@@H]1F. The lowest BCUT2D eigenvalue weighted by Crippen LogP contribution is -2.44. The molecule has 0 aromatic rings. The van der Waals surface area contributed by atoms with E-state index in [1.165, 1.54) is 0 Å². The molecule has 0 aromatic carbocycles. The predicted molar refractivity (Wildman–Crippen MR) is 51.3 cm³/mol. The van der Waals surface area contributed by atoms with Crippen molar-refractivity contribution in [2.24, 2.45) is 0 Å². The molecule has 1 aliphatic carbocycles. The van der Waals surface area contributed by atoms with Crippen molar-refractivity contribution in [3.63, 3.8) is 0 Å². The van der Waals surface area contributed by atoms with Gasteiger partial charge < -0.3 is 15.7 Å². The predicted octanol–water partition coefficient (Wildman–Crippen LogP) is 0.651. The first-order valence-corrected chi connectivity index (χ1v) is 5.00. The van der Waals surface area contributed by atoms with Crippen LogP contribution in [0.1, 0.15) is 25.7 Å². The van der Waals surface area contributed by atoms with Crippen molar-refractivity contribution in [2.75, 3.05) is 6.54 Å². The van der Waals surface area contributed by atoms with Gasteiger partial charge in [0.05, 0.1) is 12.5 Å². The Bertz CT molecular complexity index is 248. The highest BCUT2D eigenvalue weighted by Gasteiger charge is 2.27. The van der Waals surface area contributed by atoms with Crippen molar-refractivity contribution in [1.29, 1.82) is 0 Å². The molecule has 1 rings (SSSR count). The first-order valence-electron chi connectivity index (χ1n) is 5.00. The Morgan fingerprint density at radius 2 is 2.13 bits per heavy atom. The van der Waals surface area contributed by atoms with Crippen LogP contribution in [0.15, 0.2) is 0 Å². The monoisotopic (exact) mass is 218 g/mol. The maximum absolute atomic E-state index is 13.1. The van der Waals surface area contributed by atoms with Gasteiger partial charge in [-0.1, -0.05) is 0 Å². The topological polar surface area (TPSA) is 78.4 Å². The molecule has 0 bridgehead atoms. The third-order valence-electron chi connectivity index (χ3n) is 2.37. The van der Waals surface area contributed by atoms with E-state index in [2.05, 4.69) is 10.6 Å². The van der Waals surface area contributed by atoms with E-state index in [-0.39, 0.29) is 13.0 Å². The second-order valence-corrected chi connectivity index (χ2v) is 3.60. The van der Waals surface area contributed by atoms with Crippen LogP contribution in [0.25, 0.3) is 0 Å². The highest BCUT2D eigenvalue weighted by atomic mass is 19.1. The number of urea groups is 1. The maximum atomic E-state index is 13.1. The molecule has 1 aliphatic rings. The van der Waals surface area contributed by atoms with E-state index in [4.69, 9.17) is 5.11 Å². The molecule has 0 radical (unpaired) electrons. The normalized spacial score (nSPS) is 24.9. The molecule has 0 aromatic heterocycles. The summed E-state index contributed by atoms with van der Waals surface area (Å²) in [4.78, 5) is 21.3. The van der Waals surface area contributed by atoms with E-state index in [9.17, 15) is 14.0 Å². The molecule has 0 aliphatic heterocycles. The second-order valence-electron chi connectivity index (χ2n) is 3.60. The van der Waals surface area contributed by atoms with Gasteiger partial charge >= 0.3 is 12.0 Å². The molecule has 0 heterocycles. The van der Waals surface area contributed by atoms with Crippen molar-refractivity contribution in [1.82, 2.24) is 10.6 Å². The van der Waals surface area contributed by atoms with E-state index >= 15 is 0 Å². The number of hydrogen-bond acceptors (Lipinski definition) is 2. The molecule has 86 valence electrons. The number of carboxylic acids is 1. The van der Waals surface area contributed by atoms with Crippen LogP contribution in [0.2, 0.25) is 0 Å². The Balaban J connectivity index is 2.15. The van der Waals surface area contributed by atoms with E-state index < -0.39 is 24.2 Å². The summed E-state index contributed by atoms with van der Waals surface area (Å²) in [6.07, 6.45) is 0.807. The Morgan fingerprint density at radius 1 is 1.40 bits per heavy atom. The number of hydrogen-bond donors (Lipinski definition) is 3. The average Bonchev–Trinajstić information content (AvgIpc) is 2.51. The number of nitrogens with one attached hydrogen (secondary N) is 2. The van der Waals surface area contributed by atoms with Crippen LogP contribution >= 0.6 is 0 Å². The van der Waals surface area contributed by atoms with Gasteiger partial charge in [0.2, 0.25) is 0 Å². The number of alkyl halides is 1. The van der Waals surface area contributed by atoms with E-state index in [0.29, 0.717) is 12.8 Å². The molecule has 2 amide bonds. The molecule has 3 N–H and O–H groups in total. The molecule has 1 fully saturated rings. The molecule has 15 heavy (non-hydrogen) atoms. The summed E-state index contributed by atoms with van der Waals surface area (Å²) in [6.45, 7) is 0.0604. The zero-order chi connectivity index (χ0) is 11.3. The molecule has 0 unspecified atom stereocenters. The Labute approximate surface area is 87.0 Å². The number of aliphatic carboxylic acids is 1. The third kappa shape index (κ3) is 4.14. The fourth-order valence-electron chi connectivity index (χ4n) is 1.58. The first-order chi connectivity index (χ1) is 7.09. The lowest BCUT2D eigenvalue weighted by Gasteiger charge is -2.15. The number of rotatable bonds is 4. The third-order valence-corrected chi connectivity index (χ3v) is 2.37. The van der Waals surface area contributed by atoms with Crippen LogP contribution in [-0.4, -0.2) is 35.9 Å². The summed E-state index contributed by atoms with van der Waals surface area (Å²) in [5.74, 6) is -0.973. The van der Waals surface area contributed by atoms with Crippen molar-refractivity contribution < 1.29 is 19.1 Å². The van der Waals surface area contributed by atoms with Crippen molar-refractivity contribution >= 4 is 12.0 Å². The molecule has 0 saturated heterocycles. The summed E-state index contributed by atoms with van der Waals surface area (Å²) in [5, 5.41) is 13.2. The van der Waals surface area contributed by atoms with Gasteiger partial charge in [-0.05, 0) is 19.3 Å². The highest BCUT2D eigenvalue weighted by Crippen LogP contribution is 2.21. The number of carbonyl (C=O) groups is 2. The standard InChI is InChI=1S/C9H15FN2O3/c10-6-2-1-3-7(6)12-9(15)11-5-4-8(13)14/h6-7H,1-5H2,(H,13,14)(H2,11,12,15)/t6-,7+/m0/s1. The maximum Gasteiger partial charge on any atom is 0.315 e. The molecule has 5 nitrogen and oxygen atoms in total. The van der Waals surface area contributed by atoms with Crippen LogP contribution < -0.4 is 10.6 Å². The zero-order valence-corrected chi connectivity index (χ0v) is 8.33. The molecule has 1 saturated carbocycles. The van der Waals surface area contributed by atoms with Gasteiger partial charge in [0.15, 0.2) is 0 Å². The Hall–Kier alpha value is -1.33.